The second kappa shape index (κ2) is 9.90. The van der Waals surface area contributed by atoms with Crippen LogP contribution < -0.4 is 4.74 Å². The van der Waals surface area contributed by atoms with Crippen molar-refractivity contribution in [3.8, 4) is 5.75 Å². The number of benzene rings is 1. The lowest BCUT2D eigenvalue weighted by molar-refractivity contribution is -0.238. The van der Waals surface area contributed by atoms with E-state index in [1.165, 1.54) is 19.8 Å². The Hall–Kier alpha value is -1.96. The van der Waals surface area contributed by atoms with Gasteiger partial charge in [0.05, 0.1) is 6.42 Å². The number of rotatable bonds is 7. The first-order valence-corrected chi connectivity index (χ1v) is 10.7. The number of hydrogen-bond acceptors (Lipinski definition) is 6. The highest BCUT2D eigenvalue weighted by molar-refractivity contribution is 5.79. The second-order valence-electron chi connectivity index (χ2n) is 8.36. The molecule has 1 aliphatic carbocycles. The first kappa shape index (κ1) is 22.7. The van der Waals surface area contributed by atoms with E-state index in [4.69, 9.17) is 14.2 Å². The zero-order valence-corrected chi connectivity index (χ0v) is 18.6. The summed E-state index contributed by atoms with van der Waals surface area (Å²) in [4.78, 5) is 28.6. The molecule has 3 rings (SSSR count). The third-order valence-corrected chi connectivity index (χ3v) is 6.57. The molecule has 7 heteroatoms. The molecule has 1 aliphatic heterocycles. The third-order valence-electron chi connectivity index (χ3n) is 6.57. The number of methoxy groups -OCH3 is 2. The van der Waals surface area contributed by atoms with Gasteiger partial charge in [0.2, 0.25) is 5.91 Å². The largest absolute Gasteiger partial charge is 0.427 e. The average Bonchev–Trinajstić information content (AvgIpc) is 3.28. The van der Waals surface area contributed by atoms with Gasteiger partial charge in [0.15, 0.2) is 5.79 Å². The smallest absolute Gasteiger partial charge is 0.308 e. The molecule has 1 saturated heterocycles. The van der Waals surface area contributed by atoms with Gasteiger partial charge in [-0.1, -0.05) is 12.1 Å². The number of carbonyl (C=O) groups excluding carboxylic acids is 2. The molecule has 2 atom stereocenters. The lowest BCUT2D eigenvalue weighted by Gasteiger charge is -2.48. The molecule has 1 aromatic carbocycles. The van der Waals surface area contributed by atoms with E-state index in [1.54, 1.807) is 26.4 Å². The van der Waals surface area contributed by atoms with Gasteiger partial charge in [-0.15, -0.1) is 0 Å². The fraction of sp³-hybridized carbons (Fsp3) is 0.652. The molecule has 1 amide bonds. The Balaban J connectivity index is 1.69. The molecule has 7 nitrogen and oxygen atoms in total. The van der Waals surface area contributed by atoms with Crippen LogP contribution in [0.1, 0.15) is 44.6 Å². The number of amides is 1. The molecule has 30 heavy (non-hydrogen) atoms. The molecule has 0 spiro atoms. The maximum absolute atomic E-state index is 13.1. The van der Waals surface area contributed by atoms with Crippen LogP contribution in [0.25, 0.3) is 0 Å². The molecule has 2 unspecified atom stereocenters. The molecule has 2 fully saturated rings. The fourth-order valence-electron chi connectivity index (χ4n) is 4.79. The lowest BCUT2D eigenvalue weighted by Crippen LogP contribution is -2.59. The molecular weight excluding hydrogens is 384 g/mol. The van der Waals surface area contributed by atoms with E-state index in [2.05, 4.69) is 4.90 Å². The maximum atomic E-state index is 13.1. The summed E-state index contributed by atoms with van der Waals surface area (Å²) >= 11 is 0. The molecular formula is C23H34N2O5. The van der Waals surface area contributed by atoms with Crippen LogP contribution in [0.3, 0.4) is 0 Å². The minimum atomic E-state index is -0.569. The maximum Gasteiger partial charge on any atom is 0.308 e. The predicted molar refractivity (Wildman–Crippen MR) is 113 cm³/mol. The average molecular weight is 419 g/mol. The highest BCUT2D eigenvalue weighted by Gasteiger charge is 2.46. The van der Waals surface area contributed by atoms with Crippen molar-refractivity contribution >= 4 is 11.9 Å². The van der Waals surface area contributed by atoms with Crippen molar-refractivity contribution in [2.24, 2.45) is 0 Å². The number of likely N-dealkylation sites (tertiary alicyclic amines) is 1. The first-order chi connectivity index (χ1) is 14.4. The normalized spacial score (nSPS) is 23.9. The van der Waals surface area contributed by atoms with Crippen molar-refractivity contribution in [3.05, 3.63) is 29.8 Å². The summed E-state index contributed by atoms with van der Waals surface area (Å²) in [5.74, 6) is -0.345. The van der Waals surface area contributed by atoms with Gasteiger partial charge < -0.3 is 19.1 Å². The summed E-state index contributed by atoms with van der Waals surface area (Å²) in [5, 5.41) is 0. The summed E-state index contributed by atoms with van der Waals surface area (Å²) in [6.45, 7) is 3.49. The molecule has 2 aliphatic rings. The molecule has 0 radical (unpaired) electrons. The third kappa shape index (κ3) is 5.20. The molecule has 0 N–H and O–H groups in total. The number of ether oxygens (including phenoxy) is 3. The topological polar surface area (TPSA) is 68.3 Å². The van der Waals surface area contributed by atoms with Crippen LogP contribution in [0.5, 0.6) is 5.75 Å². The molecule has 166 valence electrons. The summed E-state index contributed by atoms with van der Waals surface area (Å²) in [6.07, 6.45) is 5.09. The first-order valence-electron chi connectivity index (χ1n) is 10.7. The fourth-order valence-corrected chi connectivity index (χ4v) is 4.79. The van der Waals surface area contributed by atoms with Crippen LogP contribution in [0, 0.1) is 0 Å². The lowest BCUT2D eigenvalue weighted by atomic mass is 9.83. The van der Waals surface area contributed by atoms with Crippen molar-refractivity contribution in [1.82, 2.24) is 9.80 Å². The van der Waals surface area contributed by atoms with Gasteiger partial charge in [0.25, 0.3) is 0 Å². The summed E-state index contributed by atoms with van der Waals surface area (Å²) < 4.78 is 16.6. The van der Waals surface area contributed by atoms with E-state index in [0.29, 0.717) is 12.2 Å². The molecule has 1 aromatic rings. The quantitative estimate of drug-likeness (QED) is 0.385. The van der Waals surface area contributed by atoms with E-state index >= 15 is 0 Å². The predicted octanol–water partition coefficient (Wildman–Crippen LogP) is 2.62. The molecule has 1 heterocycles. The van der Waals surface area contributed by atoms with Crippen molar-refractivity contribution in [2.45, 2.75) is 63.3 Å². The summed E-state index contributed by atoms with van der Waals surface area (Å²) in [6, 6.07) is 7.48. The Morgan fingerprint density at radius 2 is 1.77 bits per heavy atom. The minimum absolute atomic E-state index is 0.0896. The number of nitrogens with zero attached hydrogens (tertiary/aromatic N) is 2. The van der Waals surface area contributed by atoms with Gasteiger partial charge >= 0.3 is 5.97 Å². The van der Waals surface area contributed by atoms with Crippen molar-refractivity contribution < 1.29 is 23.8 Å². The minimum Gasteiger partial charge on any atom is -0.427 e. The zero-order valence-electron chi connectivity index (χ0n) is 18.6. The van der Waals surface area contributed by atoms with Crippen LogP contribution in [0.2, 0.25) is 0 Å². The Morgan fingerprint density at radius 1 is 1.13 bits per heavy atom. The number of carbonyl (C=O) groups is 2. The number of esters is 1. The highest BCUT2D eigenvalue weighted by atomic mass is 16.7. The SMILES string of the molecule is COC1(OC)CCC(N(C)C(=O)Cc2ccc(OC(C)=O)cc2)C(N2CCCC2)C1. The van der Waals surface area contributed by atoms with Crippen LogP contribution in [-0.4, -0.2) is 73.9 Å². The van der Waals surface area contributed by atoms with Gasteiger partial charge in [-0.25, -0.2) is 0 Å². The van der Waals surface area contributed by atoms with E-state index < -0.39 is 5.79 Å². The van der Waals surface area contributed by atoms with E-state index in [-0.39, 0.29) is 24.0 Å². The van der Waals surface area contributed by atoms with E-state index in [9.17, 15) is 9.59 Å². The zero-order chi connectivity index (χ0) is 21.7. The molecule has 0 aromatic heterocycles. The Kier molecular flexibility index (Phi) is 7.50. The van der Waals surface area contributed by atoms with Crippen LogP contribution >= 0.6 is 0 Å². The Labute approximate surface area is 179 Å². The van der Waals surface area contributed by atoms with E-state index in [0.717, 1.165) is 37.9 Å². The highest BCUT2D eigenvalue weighted by Crippen LogP contribution is 2.37. The van der Waals surface area contributed by atoms with Crippen molar-refractivity contribution in [1.29, 1.82) is 0 Å². The van der Waals surface area contributed by atoms with E-state index in [1.807, 2.05) is 24.1 Å². The van der Waals surface area contributed by atoms with Gasteiger partial charge in [0.1, 0.15) is 5.75 Å². The van der Waals surface area contributed by atoms with Crippen LogP contribution in [0.4, 0.5) is 0 Å². The number of hydrogen-bond donors (Lipinski definition) is 0. The van der Waals surface area contributed by atoms with Gasteiger partial charge in [-0.05, 0) is 50.0 Å². The number of likely N-dealkylation sites (N-methyl/N-ethyl adjacent to an activating group) is 1. The standard InChI is InChI=1S/C23H34N2O5/c1-17(26)30-19-9-7-18(8-10-19)15-22(27)24(2)20-11-12-23(28-3,29-4)16-21(20)25-13-5-6-14-25/h7-10,20-21H,5-6,11-16H2,1-4H3. The summed E-state index contributed by atoms with van der Waals surface area (Å²) in [5.41, 5.74) is 0.902. The molecule has 0 bridgehead atoms. The summed E-state index contributed by atoms with van der Waals surface area (Å²) in [7, 11) is 5.33. The van der Waals surface area contributed by atoms with Crippen LogP contribution in [0.15, 0.2) is 24.3 Å². The van der Waals surface area contributed by atoms with Gasteiger partial charge in [-0.3, -0.25) is 14.5 Å². The van der Waals surface area contributed by atoms with Crippen molar-refractivity contribution in [3.63, 3.8) is 0 Å². The second-order valence-corrected chi connectivity index (χ2v) is 8.36. The van der Waals surface area contributed by atoms with Crippen LogP contribution in [-0.2, 0) is 25.5 Å². The Morgan fingerprint density at radius 3 is 2.33 bits per heavy atom. The van der Waals surface area contributed by atoms with Gasteiger partial charge in [-0.2, -0.15) is 0 Å². The van der Waals surface area contributed by atoms with Crippen molar-refractivity contribution in [2.75, 3.05) is 34.4 Å². The van der Waals surface area contributed by atoms with Gasteiger partial charge in [0, 0.05) is 53.1 Å². The Bertz CT molecular complexity index is 726. The monoisotopic (exact) mass is 418 g/mol. The molecule has 1 saturated carbocycles.